The van der Waals surface area contributed by atoms with Crippen LogP contribution in [0.4, 0.5) is 0 Å². The molecule has 0 bridgehead atoms. The van der Waals surface area contributed by atoms with E-state index < -0.39 is 0 Å². The number of para-hydroxylation sites is 1. The van der Waals surface area contributed by atoms with Crippen molar-refractivity contribution in [2.24, 2.45) is 0 Å². The lowest BCUT2D eigenvalue weighted by atomic mass is 9.97. The van der Waals surface area contributed by atoms with E-state index in [-0.39, 0.29) is 11.9 Å². The van der Waals surface area contributed by atoms with Gasteiger partial charge in [0.1, 0.15) is 11.9 Å². The Bertz CT molecular complexity index is 425. The van der Waals surface area contributed by atoms with Crippen LogP contribution in [0.25, 0.3) is 0 Å². The first-order chi connectivity index (χ1) is 9.81. The average molecular weight is 274 g/mol. The summed E-state index contributed by atoms with van der Waals surface area (Å²) in [5.74, 6) is 1.01. The number of carbonyl (C=O) groups excluding carboxylic acids is 1. The van der Waals surface area contributed by atoms with Gasteiger partial charge in [0, 0.05) is 6.42 Å². The third-order valence-electron chi connectivity index (χ3n) is 4.02. The van der Waals surface area contributed by atoms with E-state index in [1.54, 1.807) is 0 Å². The summed E-state index contributed by atoms with van der Waals surface area (Å²) in [5.41, 5.74) is 0.753. The summed E-state index contributed by atoms with van der Waals surface area (Å²) >= 11 is 0. The molecule has 0 aliphatic carbocycles. The van der Waals surface area contributed by atoms with Gasteiger partial charge in [-0.15, -0.1) is 0 Å². The normalized spacial score (nSPS) is 17.6. The van der Waals surface area contributed by atoms with Crippen molar-refractivity contribution in [3.8, 4) is 5.75 Å². The van der Waals surface area contributed by atoms with Crippen LogP contribution in [-0.4, -0.2) is 11.9 Å². The maximum atomic E-state index is 12.0. The van der Waals surface area contributed by atoms with Crippen molar-refractivity contribution >= 4 is 5.78 Å². The fourth-order valence-corrected chi connectivity index (χ4v) is 2.83. The number of carbonyl (C=O) groups is 1. The molecule has 2 heteroatoms. The van der Waals surface area contributed by atoms with Gasteiger partial charge in [0.05, 0.1) is 5.56 Å². The van der Waals surface area contributed by atoms with Crippen LogP contribution in [-0.2, 0) is 0 Å². The van der Waals surface area contributed by atoms with Crippen molar-refractivity contribution in [3.05, 3.63) is 29.8 Å². The molecule has 1 atom stereocenters. The number of fused-ring (bicyclic) bond motifs is 1. The zero-order valence-corrected chi connectivity index (χ0v) is 12.6. The fourth-order valence-electron chi connectivity index (χ4n) is 2.83. The molecule has 0 fully saturated rings. The second-order valence-electron chi connectivity index (χ2n) is 5.77. The number of rotatable bonds is 8. The Morgan fingerprint density at radius 3 is 2.55 bits per heavy atom. The van der Waals surface area contributed by atoms with Crippen molar-refractivity contribution in [3.63, 3.8) is 0 Å². The standard InChI is InChI=1S/C18H26O2/c1-2-3-4-5-6-7-8-11-15-14-17(19)16-12-9-10-13-18(16)20-15/h9-10,12-13,15H,2-8,11,14H2,1H3. The molecule has 0 aromatic heterocycles. The second kappa shape index (κ2) is 8.08. The lowest BCUT2D eigenvalue weighted by Gasteiger charge is -2.25. The van der Waals surface area contributed by atoms with Gasteiger partial charge in [0.15, 0.2) is 5.78 Å². The zero-order valence-electron chi connectivity index (χ0n) is 12.6. The van der Waals surface area contributed by atoms with Crippen LogP contribution >= 0.6 is 0 Å². The molecule has 0 saturated carbocycles. The second-order valence-corrected chi connectivity index (χ2v) is 5.77. The number of unbranched alkanes of at least 4 members (excludes halogenated alkanes) is 6. The monoisotopic (exact) mass is 274 g/mol. The van der Waals surface area contributed by atoms with Crippen molar-refractivity contribution in [1.29, 1.82) is 0 Å². The van der Waals surface area contributed by atoms with Gasteiger partial charge < -0.3 is 4.74 Å². The van der Waals surface area contributed by atoms with Crippen molar-refractivity contribution in [2.45, 2.75) is 70.8 Å². The summed E-state index contributed by atoms with van der Waals surface area (Å²) in [6, 6.07) is 7.60. The van der Waals surface area contributed by atoms with Gasteiger partial charge in [-0.25, -0.2) is 0 Å². The predicted octanol–water partition coefficient (Wildman–Crippen LogP) is 5.16. The largest absolute Gasteiger partial charge is 0.489 e. The molecule has 0 spiro atoms. The molecule has 1 aliphatic rings. The molecule has 1 aromatic rings. The van der Waals surface area contributed by atoms with E-state index in [0.717, 1.165) is 17.7 Å². The van der Waals surface area contributed by atoms with Crippen LogP contribution in [0.5, 0.6) is 5.75 Å². The molecule has 1 aliphatic heterocycles. The lowest BCUT2D eigenvalue weighted by Crippen LogP contribution is -2.26. The third-order valence-corrected chi connectivity index (χ3v) is 4.02. The van der Waals surface area contributed by atoms with Crippen LogP contribution < -0.4 is 4.74 Å². The van der Waals surface area contributed by atoms with E-state index >= 15 is 0 Å². The van der Waals surface area contributed by atoms with E-state index in [1.807, 2.05) is 24.3 Å². The average Bonchev–Trinajstić information content (AvgIpc) is 2.46. The summed E-state index contributed by atoms with van der Waals surface area (Å²) in [4.78, 5) is 12.0. The Hall–Kier alpha value is -1.31. The molecular weight excluding hydrogens is 248 g/mol. The first-order valence-electron chi connectivity index (χ1n) is 8.10. The molecule has 0 radical (unpaired) electrons. The number of ether oxygens (including phenoxy) is 1. The van der Waals surface area contributed by atoms with E-state index in [9.17, 15) is 4.79 Å². The van der Waals surface area contributed by atoms with Crippen molar-refractivity contribution < 1.29 is 9.53 Å². The molecule has 110 valence electrons. The number of Topliss-reactive ketones (excluding diaryl/α,β-unsaturated/α-hetero) is 1. The van der Waals surface area contributed by atoms with Crippen LogP contribution in [0.1, 0.15) is 75.1 Å². The molecule has 20 heavy (non-hydrogen) atoms. The molecule has 1 heterocycles. The minimum Gasteiger partial charge on any atom is -0.489 e. The Morgan fingerprint density at radius 2 is 1.75 bits per heavy atom. The van der Waals surface area contributed by atoms with Crippen LogP contribution in [0, 0.1) is 0 Å². The number of ketones is 1. The molecule has 2 nitrogen and oxygen atoms in total. The molecule has 0 saturated heterocycles. The molecule has 1 unspecified atom stereocenters. The predicted molar refractivity (Wildman–Crippen MR) is 82.4 cm³/mol. The maximum absolute atomic E-state index is 12.0. The summed E-state index contributed by atoms with van der Waals surface area (Å²) in [5, 5.41) is 0. The van der Waals surface area contributed by atoms with Crippen molar-refractivity contribution in [1.82, 2.24) is 0 Å². The minimum absolute atomic E-state index is 0.0908. The molecule has 0 amide bonds. The summed E-state index contributed by atoms with van der Waals surface area (Å²) in [6.45, 7) is 2.25. The Morgan fingerprint density at radius 1 is 1.05 bits per heavy atom. The molecular formula is C18H26O2. The van der Waals surface area contributed by atoms with Gasteiger partial charge in [-0.2, -0.15) is 0 Å². The Balaban J connectivity index is 1.67. The van der Waals surface area contributed by atoms with Gasteiger partial charge in [0.25, 0.3) is 0 Å². The van der Waals surface area contributed by atoms with Crippen molar-refractivity contribution in [2.75, 3.05) is 0 Å². The highest BCUT2D eigenvalue weighted by Crippen LogP contribution is 2.29. The van der Waals surface area contributed by atoms with Gasteiger partial charge in [-0.1, -0.05) is 57.6 Å². The van der Waals surface area contributed by atoms with Crippen LogP contribution in [0.2, 0.25) is 0 Å². The summed E-state index contributed by atoms with van der Waals surface area (Å²) < 4.78 is 5.93. The highest BCUT2D eigenvalue weighted by molar-refractivity contribution is 5.99. The molecule has 1 aromatic carbocycles. The third kappa shape index (κ3) is 4.36. The van der Waals surface area contributed by atoms with Gasteiger partial charge in [0.2, 0.25) is 0 Å². The fraction of sp³-hybridized carbons (Fsp3) is 0.611. The Labute approximate surface area is 122 Å². The highest BCUT2D eigenvalue weighted by Gasteiger charge is 2.25. The van der Waals surface area contributed by atoms with Gasteiger partial charge in [-0.3, -0.25) is 4.79 Å². The Kier molecular flexibility index (Phi) is 6.10. The van der Waals surface area contributed by atoms with E-state index in [4.69, 9.17) is 4.74 Å². The highest BCUT2D eigenvalue weighted by atomic mass is 16.5. The first-order valence-corrected chi connectivity index (χ1v) is 8.10. The van der Waals surface area contributed by atoms with Crippen LogP contribution in [0.3, 0.4) is 0 Å². The summed E-state index contributed by atoms with van der Waals surface area (Å²) in [6.07, 6.45) is 10.8. The SMILES string of the molecule is CCCCCCCCCC1CC(=O)c2ccccc2O1. The first kappa shape index (κ1) is 15.1. The van der Waals surface area contributed by atoms with E-state index in [1.165, 1.54) is 44.9 Å². The number of benzene rings is 1. The summed E-state index contributed by atoms with van der Waals surface area (Å²) in [7, 11) is 0. The van der Waals surface area contributed by atoms with E-state index in [0.29, 0.717) is 6.42 Å². The zero-order chi connectivity index (χ0) is 14.2. The minimum atomic E-state index is 0.0908. The number of hydrogen-bond acceptors (Lipinski definition) is 2. The topological polar surface area (TPSA) is 26.3 Å². The van der Waals surface area contributed by atoms with Gasteiger partial charge in [-0.05, 0) is 25.0 Å². The maximum Gasteiger partial charge on any atom is 0.170 e. The number of hydrogen-bond donors (Lipinski definition) is 0. The van der Waals surface area contributed by atoms with Crippen LogP contribution in [0.15, 0.2) is 24.3 Å². The molecule has 0 N–H and O–H groups in total. The lowest BCUT2D eigenvalue weighted by molar-refractivity contribution is 0.0835. The quantitative estimate of drug-likeness (QED) is 0.612. The van der Waals surface area contributed by atoms with Gasteiger partial charge >= 0.3 is 0 Å². The van der Waals surface area contributed by atoms with E-state index in [2.05, 4.69) is 6.92 Å². The smallest absolute Gasteiger partial charge is 0.170 e. The molecule has 2 rings (SSSR count).